The molecule has 2 atom stereocenters. The molecule has 2 rings (SSSR count). The van der Waals surface area contributed by atoms with E-state index < -0.39 is 0 Å². The molecule has 3 nitrogen and oxygen atoms in total. The fraction of sp³-hybridized carbons (Fsp3) is 0.538. The zero-order chi connectivity index (χ0) is 12.3. The Kier molecular flexibility index (Phi) is 3.97. The van der Waals surface area contributed by atoms with Crippen LogP contribution in [0.2, 0.25) is 0 Å². The van der Waals surface area contributed by atoms with Gasteiger partial charge in [0.25, 0.3) is 0 Å². The van der Waals surface area contributed by atoms with Gasteiger partial charge in [0.2, 0.25) is 0 Å². The molecule has 2 unspecified atom stereocenters. The first-order valence-electron chi connectivity index (χ1n) is 5.86. The minimum atomic E-state index is -0.235. The molecule has 4 heteroatoms. The number of ether oxygens (including phenoxy) is 2. The van der Waals surface area contributed by atoms with Gasteiger partial charge in [0.15, 0.2) is 0 Å². The first kappa shape index (κ1) is 12.3. The summed E-state index contributed by atoms with van der Waals surface area (Å²) in [5.41, 5.74) is 6.88. The number of halogens is 1. The predicted octanol–water partition coefficient (Wildman–Crippen LogP) is 1.74. The smallest absolute Gasteiger partial charge is 0.123 e. The molecule has 0 amide bonds. The third kappa shape index (κ3) is 2.96. The molecular formula is C13H18FNO2. The molecular weight excluding hydrogens is 221 g/mol. The van der Waals surface area contributed by atoms with Crippen molar-refractivity contribution in [2.75, 3.05) is 20.3 Å². The molecule has 0 radical (unpaired) electrons. The maximum atomic E-state index is 13.2. The highest BCUT2D eigenvalue weighted by Crippen LogP contribution is 2.26. The van der Waals surface area contributed by atoms with Crippen LogP contribution >= 0.6 is 0 Å². The van der Waals surface area contributed by atoms with Crippen molar-refractivity contribution in [3.8, 4) is 5.75 Å². The van der Waals surface area contributed by atoms with Crippen LogP contribution in [0.5, 0.6) is 5.75 Å². The first-order chi connectivity index (χ1) is 8.20. The van der Waals surface area contributed by atoms with Gasteiger partial charge in [-0.05, 0) is 42.5 Å². The lowest BCUT2D eigenvalue weighted by Gasteiger charge is -2.29. The van der Waals surface area contributed by atoms with E-state index in [-0.39, 0.29) is 11.9 Å². The predicted molar refractivity (Wildman–Crippen MR) is 63.6 cm³/mol. The van der Waals surface area contributed by atoms with Crippen molar-refractivity contribution in [2.24, 2.45) is 11.7 Å². The van der Waals surface area contributed by atoms with Crippen LogP contribution in [-0.2, 0) is 11.2 Å². The van der Waals surface area contributed by atoms with Crippen molar-refractivity contribution >= 4 is 0 Å². The van der Waals surface area contributed by atoms with E-state index in [4.69, 9.17) is 15.2 Å². The van der Waals surface area contributed by atoms with Crippen LogP contribution in [-0.4, -0.2) is 26.4 Å². The molecule has 17 heavy (non-hydrogen) atoms. The van der Waals surface area contributed by atoms with Crippen molar-refractivity contribution in [1.29, 1.82) is 0 Å². The summed E-state index contributed by atoms with van der Waals surface area (Å²) >= 11 is 0. The van der Waals surface area contributed by atoms with Crippen molar-refractivity contribution in [3.05, 3.63) is 29.6 Å². The van der Waals surface area contributed by atoms with E-state index in [0.717, 1.165) is 30.8 Å². The van der Waals surface area contributed by atoms with E-state index in [0.29, 0.717) is 12.5 Å². The summed E-state index contributed by atoms with van der Waals surface area (Å²) in [6.07, 6.45) is 1.66. The van der Waals surface area contributed by atoms with Crippen molar-refractivity contribution < 1.29 is 13.9 Å². The average Bonchev–Trinajstić information content (AvgIpc) is 2.32. The second-order valence-electron chi connectivity index (χ2n) is 4.45. The third-order valence-electron chi connectivity index (χ3n) is 3.27. The van der Waals surface area contributed by atoms with E-state index in [1.165, 1.54) is 12.1 Å². The van der Waals surface area contributed by atoms with E-state index in [1.54, 1.807) is 13.2 Å². The lowest BCUT2D eigenvalue weighted by molar-refractivity contribution is 0.0491. The molecule has 1 aromatic rings. The van der Waals surface area contributed by atoms with E-state index in [9.17, 15) is 4.39 Å². The van der Waals surface area contributed by atoms with Gasteiger partial charge in [-0.1, -0.05) is 0 Å². The van der Waals surface area contributed by atoms with Crippen LogP contribution in [0, 0.1) is 11.7 Å². The second kappa shape index (κ2) is 5.47. The first-order valence-corrected chi connectivity index (χ1v) is 5.86. The van der Waals surface area contributed by atoms with Gasteiger partial charge in [0, 0.05) is 12.6 Å². The number of hydrogen-bond acceptors (Lipinski definition) is 3. The largest absolute Gasteiger partial charge is 0.496 e. The lowest BCUT2D eigenvalue weighted by Crippen LogP contribution is -2.40. The number of rotatable bonds is 3. The number of hydrogen-bond donors (Lipinski definition) is 1. The molecule has 1 fully saturated rings. The molecule has 1 aliphatic rings. The Morgan fingerprint density at radius 2 is 2.35 bits per heavy atom. The number of nitrogens with two attached hydrogens (primary N) is 1. The standard InChI is InChI=1S/C13H18FNO2/c1-16-13-3-2-11(14)7-10(13)6-9-4-5-17-8-12(9)15/h2-3,7,9,12H,4-6,8,15H2,1H3. The second-order valence-corrected chi connectivity index (χ2v) is 4.45. The third-order valence-corrected chi connectivity index (χ3v) is 3.27. The van der Waals surface area contributed by atoms with Crippen LogP contribution in [0.3, 0.4) is 0 Å². The molecule has 94 valence electrons. The highest BCUT2D eigenvalue weighted by atomic mass is 19.1. The van der Waals surface area contributed by atoms with Crippen molar-refractivity contribution in [2.45, 2.75) is 18.9 Å². The topological polar surface area (TPSA) is 44.5 Å². The van der Waals surface area contributed by atoms with Crippen molar-refractivity contribution in [1.82, 2.24) is 0 Å². The Morgan fingerprint density at radius 1 is 1.53 bits per heavy atom. The van der Waals surface area contributed by atoms with Crippen LogP contribution < -0.4 is 10.5 Å². The molecule has 1 aliphatic heterocycles. The maximum Gasteiger partial charge on any atom is 0.123 e. The van der Waals surface area contributed by atoms with Crippen LogP contribution in [0.15, 0.2) is 18.2 Å². The van der Waals surface area contributed by atoms with E-state index in [1.807, 2.05) is 0 Å². The van der Waals surface area contributed by atoms with E-state index >= 15 is 0 Å². The summed E-state index contributed by atoms with van der Waals surface area (Å²) in [5.74, 6) is 0.825. The molecule has 0 bridgehead atoms. The van der Waals surface area contributed by atoms with Gasteiger partial charge in [0.1, 0.15) is 11.6 Å². The maximum absolute atomic E-state index is 13.2. The highest BCUT2D eigenvalue weighted by molar-refractivity contribution is 5.34. The fourth-order valence-corrected chi connectivity index (χ4v) is 2.25. The summed E-state index contributed by atoms with van der Waals surface area (Å²) in [7, 11) is 1.60. The normalized spacial score (nSPS) is 24.6. The Labute approximate surface area is 101 Å². The van der Waals surface area contributed by atoms with E-state index in [2.05, 4.69) is 0 Å². The van der Waals surface area contributed by atoms with Gasteiger partial charge >= 0.3 is 0 Å². The number of methoxy groups -OCH3 is 1. The molecule has 0 aliphatic carbocycles. The summed E-state index contributed by atoms with van der Waals surface area (Å²) in [6.45, 7) is 1.32. The fourth-order valence-electron chi connectivity index (χ4n) is 2.25. The molecule has 2 N–H and O–H groups in total. The van der Waals surface area contributed by atoms with Crippen LogP contribution in [0.1, 0.15) is 12.0 Å². The monoisotopic (exact) mass is 239 g/mol. The Balaban J connectivity index is 2.13. The van der Waals surface area contributed by atoms with Crippen LogP contribution in [0.25, 0.3) is 0 Å². The number of benzene rings is 1. The van der Waals surface area contributed by atoms with Gasteiger partial charge in [-0.25, -0.2) is 4.39 Å². The summed E-state index contributed by atoms with van der Waals surface area (Å²) < 4.78 is 23.8. The Hall–Kier alpha value is -1.13. The van der Waals surface area contributed by atoms with Gasteiger partial charge in [-0.3, -0.25) is 0 Å². The highest BCUT2D eigenvalue weighted by Gasteiger charge is 2.23. The zero-order valence-electron chi connectivity index (χ0n) is 9.99. The van der Waals surface area contributed by atoms with Gasteiger partial charge in [0.05, 0.1) is 13.7 Å². The minimum absolute atomic E-state index is 0.0247. The minimum Gasteiger partial charge on any atom is -0.496 e. The summed E-state index contributed by atoms with van der Waals surface area (Å²) in [6, 6.07) is 4.62. The zero-order valence-corrected chi connectivity index (χ0v) is 9.99. The van der Waals surface area contributed by atoms with Gasteiger partial charge in [-0.2, -0.15) is 0 Å². The quantitative estimate of drug-likeness (QED) is 0.873. The molecule has 0 saturated carbocycles. The summed E-state index contributed by atoms with van der Waals surface area (Å²) in [4.78, 5) is 0. The molecule has 1 saturated heterocycles. The van der Waals surface area contributed by atoms with Gasteiger partial charge < -0.3 is 15.2 Å². The lowest BCUT2D eigenvalue weighted by atomic mass is 9.88. The van der Waals surface area contributed by atoms with Crippen molar-refractivity contribution in [3.63, 3.8) is 0 Å². The summed E-state index contributed by atoms with van der Waals surface area (Å²) in [5, 5.41) is 0. The van der Waals surface area contributed by atoms with Crippen LogP contribution in [0.4, 0.5) is 4.39 Å². The Bertz CT molecular complexity index is 384. The molecule has 0 spiro atoms. The van der Waals surface area contributed by atoms with Gasteiger partial charge in [-0.15, -0.1) is 0 Å². The SMILES string of the molecule is COc1ccc(F)cc1CC1CCOCC1N. The molecule has 1 aromatic carbocycles. The molecule has 0 aromatic heterocycles. The average molecular weight is 239 g/mol. The molecule has 1 heterocycles. The Morgan fingerprint density at radius 3 is 3.06 bits per heavy atom.